The number of para-hydroxylation sites is 1. The fourth-order valence-corrected chi connectivity index (χ4v) is 3.45. The van der Waals surface area contributed by atoms with E-state index >= 15 is 0 Å². The second-order valence-electron chi connectivity index (χ2n) is 6.72. The summed E-state index contributed by atoms with van der Waals surface area (Å²) in [6.45, 7) is 0. The van der Waals surface area contributed by atoms with Gasteiger partial charge in [-0.05, 0) is 42.5 Å². The van der Waals surface area contributed by atoms with E-state index in [2.05, 4.69) is 5.32 Å². The molecular weight excluding hydrogens is 419 g/mol. The van der Waals surface area contributed by atoms with Gasteiger partial charge in [-0.25, -0.2) is 9.37 Å². The number of nitrogens with one attached hydrogen (secondary N) is 1. The molecule has 0 saturated heterocycles. The number of anilines is 1. The molecule has 0 saturated carbocycles. The first-order chi connectivity index (χ1) is 15.0. The Kier molecular flexibility index (Phi) is 5.73. The molecule has 1 heterocycles. The van der Waals surface area contributed by atoms with Gasteiger partial charge in [0.25, 0.3) is 5.91 Å². The number of rotatable bonds is 5. The number of methoxy groups -OCH3 is 2. The lowest BCUT2D eigenvalue weighted by Gasteiger charge is -2.13. The van der Waals surface area contributed by atoms with E-state index in [-0.39, 0.29) is 10.7 Å². The number of aromatic nitrogens is 1. The minimum Gasteiger partial charge on any atom is -0.497 e. The summed E-state index contributed by atoms with van der Waals surface area (Å²) in [4.78, 5) is 17.8. The molecule has 0 aliphatic carbocycles. The van der Waals surface area contributed by atoms with Crippen LogP contribution in [-0.4, -0.2) is 25.1 Å². The van der Waals surface area contributed by atoms with Crippen molar-refractivity contribution in [1.29, 1.82) is 0 Å². The summed E-state index contributed by atoms with van der Waals surface area (Å²) in [5, 5.41) is 3.51. The molecule has 3 aromatic carbocycles. The molecule has 0 radical (unpaired) electrons. The third-order valence-electron chi connectivity index (χ3n) is 4.82. The number of hydrogen-bond donors (Lipinski definition) is 1. The van der Waals surface area contributed by atoms with Crippen molar-refractivity contribution in [1.82, 2.24) is 4.98 Å². The van der Waals surface area contributed by atoms with E-state index in [0.29, 0.717) is 39.2 Å². The molecule has 1 aromatic heterocycles. The maximum absolute atomic E-state index is 14.2. The summed E-state index contributed by atoms with van der Waals surface area (Å²) >= 11 is 5.81. The zero-order valence-corrected chi connectivity index (χ0v) is 17.5. The zero-order chi connectivity index (χ0) is 22.0. The third kappa shape index (κ3) is 4.15. The molecule has 1 amide bonds. The minimum absolute atomic E-state index is 0.0406. The summed E-state index contributed by atoms with van der Waals surface area (Å²) in [6.07, 6.45) is 0. The van der Waals surface area contributed by atoms with Gasteiger partial charge in [0.2, 0.25) is 0 Å². The number of carbonyl (C=O) groups excluding carboxylic acids is 1. The number of amides is 1. The topological polar surface area (TPSA) is 60.5 Å². The van der Waals surface area contributed by atoms with Gasteiger partial charge in [-0.3, -0.25) is 4.79 Å². The van der Waals surface area contributed by atoms with Crippen molar-refractivity contribution in [3.05, 3.63) is 83.1 Å². The van der Waals surface area contributed by atoms with Crippen LogP contribution >= 0.6 is 11.6 Å². The number of carbonyl (C=O) groups is 1. The molecule has 0 bridgehead atoms. The van der Waals surface area contributed by atoms with E-state index in [1.54, 1.807) is 38.5 Å². The summed E-state index contributed by atoms with van der Waals surface area (Å²) < 4.78 is 25.0. The first-order valence-electron chi connectivity index (χ1n) is 9.38. The molecule has 0 spiro atoms. The lowest BCUT2D eigenvalue weighted by molar-refractivity contribution is 0.102. The average Bonchev–Trinajstić information content (AvgIpc) is 2.79. The standard InChI is InChI=1S/C24H18ClFN2O3/c1-30-15-8-9-17(23(12-15)31-2)22-13-18(16-5-3-4-6-20(16)27-22)24(29)28-21-10-7-14(25)11-19(21)26/h3-13H,1-2H3,(H,28,29). The fourth-order valence-electron chi connectivity index (χ4n) is 3.29. The molecule has 0 unspecified atom stereocenters. The molecule has 5 nitrogen and oxygen atoms in total. The van der Waals surface area contributed by atoms with Crippen LogP contribution < -0.4 is 14.8 Å². The lowest BCUT2D eigenvalue weighted by Crippen LogP contribution is -2.14. The van der Waals surface area contributed by atoms with E-state index < -0.39 is 11.7 Å². The Morgan fingerprint density at radius 2 is 1.81 bits per heavy atom. The number of fused-ring (bicyclic) bond motifs is 1. The van der Waals surface area contributed by atoms with Gasteiger partial charge in [0.1, 0.15) is 17.3 Å². The highest BCUT2D eigenvalue weighted by Gasteiger charge is 2.17. The molecule has 0 atom stereocenters. The highest BCUT2D eigenvalue weighted by Crippen LogP contribution is 2.34. The Bertz CT molecular complexity index is 1290. The number of pyridine rings is 1. The second-order valence-corrected chi connectivity index (χ2v) is 7.15. The van der Waals surface area contributed by atoms with E-state index in [1.165, 1.54) is 12.1 Å². The molecule has 4 rings (SSSR count). The molecule has 4 aromatic rings. The van der Waals surface area contributed by atoms with E-state index in [4.69, 9.17) is 26.1 Å². The van der Waals surface area contributed by atoms with Crippen LogP contribution in [0.2, 0.25) is 5.02 Å². The predicted molar refractivity (Wildman–Crippen MR) is 120 cm³/mol. The molecule has 1 N–H and O–H groups in total. The van der Waals surface area contributed by atoms with Crippen LogP contribution in [0.5, 0.6) is 11.5 Å². The average molecular weight is 437 g/mol. The zero-order valence-electron chi connectivity index (χ0n) is 16.8. The van der Waals surface area contributed by atoms with E-state index in [0.717, 1.165) is 6.07 Å². The highest BCUT2D eigenvalue weighted by molar-refractivity contribution is 6.30. The molecule has 7 heteroatoms. The van der Waals surface area contributed by atoms with Gasteiger partial charge in [0.05, 0.1) is 36.7 Å². The first kappa shape index (κ1) is 20.6. The van der Waals surface area contributed by atoms with Gasteiger partial charge >= 0.3 is 0 Å². The minimum atomic E-state index is -0.615. The molecule has 0 aliphatic rings. The molecule has 156 valence electrons. The summed E-state index contributed by atoms with van der Waals surface area (Å²) in [5.41, 5.74) is 2.26. The van der Waals surface area contributed by atoms with Gasteiger partial charge in [0, 0.05) is 22.0 Å². The van der Waals surface area contributed by atoms with Crippen molar-refractivity contribution in [3.8, 4) is 22.8 Å². The van der Waals surface area contributed by atoms with Gasteiger partial charge in [-0.1, -0.05) is 29.8 Å². The van der Waals surface area contributed by atoms with Crippen molar-refractivity contribution in [2.75, 3.05) is 19.5 Å². The van der Waals surface area contributed by atoms with E-state index in [1.807, 2.05) is 24.3 Å². The summed E-state index contributed by atoms with van der Waals surface area (Å²) in [7, 11) is 3.12. The fraction of sp³-hybridized carbons (Fsp3) is 0.0833. The Hall–Kier alpha value is -3.64. The maximum Gasteiger partial charge on any atom is 0.256 e. The van der Waals surface area contributed by atoms with Crippen LogP contribution in [0.3, 0.4) is 0 Å². The highest BCUT2D eigenvalue weighted by atomic mass is 35.5. The second kappa shape index (κ2) is 8.62. The Labute approximate surface area is 183 Å². The Balaban J connectivity index is 1.83. The Morgan fingerprint density at radius 1 is 1.00 bits per heavy atom. The van der Waals surface area contributed by atoms with Crippen LogP contribution in [0.25, 0.3) is 22.2 Å². The number of ether oxygens (including phenoxy) is 2. The molecular formula is C24H18ClFN2O3. The third-order valence-corrected chi connectivity index (χ3v) is 5.06. The van der Waals surface area contributed by atoms with Crippen molar-refractivity contribution in [2.24, 2.45) is 0 Å². The Morgan fingerprint density at radius 3 is 2.55 bits per heavy atom. The van der Waals surface area contributed by atoms with Gasteiger partial charge in [-0.2, -0.15) is 0 Å². The normalized spacial score (nSPS) is 10.7. The smallest absolute Gasteiger partial charge is 0.256 e. The van der Waals surface area contributed by atoms with Crippen LogP contribution in [0.15, 0.2) is 66.7 Å². The van der Waals surface area contributed by atoms with Gasteiger partial charge in [-0.15, -0.1) is 0 Å². The SMILES string of the molecule is COc1ccc(-c2cc(C(=O)Nc3ccc(Cl)cc3F)c3ccccc3n2)c(OC)c1. The molecule has 0 fully saturated rings. The van der Waals surface area contributed by atoms with E-state index in [9.17, 15) is 9.18 Å². The van der Waals surface area contributed by atoms with Gasteiger partial charge < -0.3 is 14.8 Å². The van der Waals surface area contributed by atoms with Crippen molar-refractivity contribution < 1.29 is 18.7 Å². The number of hydrogen-bond acceptors (Lipinski definition) is 4. The van der Waals surface area contributed by atoms with Crippen molar-refractivity contribution in [3.63, 3.8) is 0 Å². The largest absolute Gasteiger partial charge is 0.497 e. The van der Waals surface area contributed by atoms with Crippen LogP contribution in [0, 0.1) is 5.82 Å². The van der Waals surface area contributed by atoms with Crippen molar-refractivity contribution >= 4 is 34.1 Å². The first-order valence-corrected chi connectivity index (χ1v) is 9.76. The summed E-state index contributed by atoms with van der Waals surface area (Å²) in [6, 6.07) is 18.4. The number of halogens is 2. The molecule has 0 aliphatic heterocycles. The lowest BCUT2D eigenvalue weighted by atomic mass is 10.0. The van der Waals surface area contributed by atoms with Crippen LogP contribution in [0.4, 0.5) is 10.1 Å². The predicted octanol–water partition coefficient (Wildman–Crippen LogP) is 5.96. The van der Waals surface area contributed by atoms with Crippen LogP contribution in [-0.2, 0) is 0 Å². The van der Waals surface area contributed by atoms with Crippen molar-refractivity contribution in [2.45, 2.75) is 0 Å². The summed E-state index contributed by atoms with van der Waals surface area (Å²) in [5.74, 6) is 0.111. The van der Waals surface area contributed by atoms with Crippen LogP contribution in [0.1, 0.15) is 10.4 Å². The number of benzene rings is 3. The van der Waals surface area contributed by atoms with Gasteiger partial charge in [0.15, 0.2) is 0 Å². The maximum atomic E-state index is 14.2. The molecule has 31 heavy (non-hydrogen) atoms. The quantitative estimate of drug-likeness (QED) is 0.419. The number of nitrogens with zero attached hydrogens (tertiary/aromatic N) is 1. The monoisotopic (exact) mass is 436 g/mol.